The van der Waals surface area contributed by atoms with Crippen molar-refractivity contribution < 1.29 is 0 Å². The van der Waals surface area contributed by atoms with E-state index in [4.69, 9.17) is 5.73 Å². The second kappa shape index (κ2) is 6.12. The second-order valence-electron chi connectivity index (χ2n) is 6.16. The lowest BCUT2D eigenvalue weighted by Crippen LogP contribution is -2.61. The molecule has 2 heterocycles. The number of fused-ring (bicyclic) bond motifs is 2. The minimum absolute atomic E-state index is 0.275. The Balaban J connectivity index is 1.98. The quantitative estimate of drug-likeness (QED) is 0.744. The van der Waals surface area contributed by atoms with Gasteiger partial charge in [-0.05, 0) is 64.8 Å². The molecular formula is C14H29N3S. The van der Waals surface area contributed by atoms with Crippen molar-refractivity contribution in [1.29, 1.82) is 0 Å². The number of piperidine rings is 1. The van der Waals surface area contributed by atoms with Crippen molar-refractivity contribution in [2.45, 2.75) is 49.7 Å². The van der Waals surface area contributed by atoms with E-state index in [9.17, 15) is 0 Å². The van der Waals surface area contributed by atoms with Gasteiger partial charge in [0.1, 0.15) is 0 Å². The van der Waals surface area contributed by atoms with Gasteiger partial charge in [-0.2, -0.15) is 11.8 Å². The summed E-state index contributed by atoms with van der Waals surface area (Å²) >= 11 is 1.94. The Morgan fingerprint density at radius 1 is 1.33 bits per heavy atom. The van der Waals surface area contributed by atoms with E-state index in [2.05, 4.69) is 30.2 Å². The van der Waals surface area contributed by atoms with Gasteiger partial charge in [0.05, 0.1) is 0 Å². The molecule has 2 saturated heterocycles. The Morgan fingerprint density at radius 3 is 2.44 bits per heavy atom. The van der Waals surface area contributed by atoms with Gasteiger partial charge >= 0.3 is 0 Å². The molecule has 2 atom stereocenters. The van der Waals surface area contributed by atoms with Gasteiger partial charge in [-0.15, -0.1) is 0 Å². The van der Waals surface area contributed by atoms with Crippen LogP contribution in [0, 0.1) is 0 Å². The summed E-state index contributed by atoms with van der Waals surface area (Å²) in [5.74, 6) is 1.26. The van der Waals surface area contributed by atoms with E-state index in [0.717, 1.165) is 18.6 Å². The summed E-state index contributed by atoms with van der Waals surface area (Å²) in [6.45, 7) is 2.02. The lowest BCUT2D eigenvalue weighted by Gasteiger charge is -2.50. The van der Waals surface area contributed by atoms with Crippen molar-refractivity contribution in [2.75, 3.05) is 39.2 Å². The number of rotatable bonds is 6. The molecule has 2 bridgehead atoms. The van der Waals surface area contributed by atoms with Crippen LogP contribution in [0.25, 0.3) is 0 Å². The lowest BCUT2D eigenvalue weighted by molar-refractivity contribution is 0.0165. The fourth-order valence-electron chi connectivity index (χ4n) is 3.86. The molecule has 0 aromatic carbocycles. The van der Waals surface area contributed by atoms with Crippen molar-refractivity contribution in [3.63, 3.8) is 0 Å². The van der Waals surface area contributed by atoms with Gasteiger partial charge in [0.25, 0.3) is 0 Å². The van der Waals surface area contributed by atoms with Crippen molar-refractivity contribution in [3.05, 3.63) is 0 Å². The zero-order valence-corrected chi connectivity index (χ0v) is 13.0. The maximum atomic E-state index is 6.18. The smallest absolute Gasteiger partial charge is 0.0358 e. The van der Waals surface area contributed by atoms with E-state index >= 15 is 0 Å². The molecule has 2 N–H and O–H groups in total. The molecule has 0 aromatic rings. The SMILES string of the molecule is CSCCCN(C)C1(CN)CC2CCC(C1)N2C. The van der Waals surface area contributed by atoms with Gasteiger partial charge in [0.15, 0.2) is 0 Å². The molecule has 0 saturated carbocycles. The Hall–Kier alpha value is 0.230. The summed E-state index contributed by atoms with van der Waals surface area (Å²) in [7, 11) is 4.59. The minimum atomic E-state index is 0.275. The monoisotopic (exact) mass is 271 g/mol. The number of nitrogens with zero attached hydrogens (tertiary/aromatic N) is 2. The number of hydrogen-bond acceptors (Lipinski definition) is 4. The van der Waals surface area contributed by atoms with Crippen LogP contribution in [-0.2, 0) is 0 Å². The van der Waals surface area contributed by atoms with Crippen LogP contribution in [0.4, 0.5) is 0 Å². The third-order valence-electron chi connectivity index (χ3n) is 5.25. The van der Waals surface area contributed by atoms with E-state index in [1.165, 1.54) is 44.4 Å². The van der Waals surface area contributed by atoms with Gasteiger partial charge in [-0.3, -0.25) is 4.90 Å². The largest absolute Gasteiger partial charge is 0.329 e. The molecule has 4 heteroatoms. The zero-order chi connectivity index (χ0) is 13.2. The molecule has 18 heavy (non-hydrogen) atoms. The highest BCUT2D eigenvalue weighted by Gasteiger charge is 2.47. The van der Waals surface area contributed by atoms with E-state index in [1.807, 2.05) is 11.8 Å². The first kappa shape index (κ1) is 14.6. The number of nitrogens with two attached hydrogens (primary N) is 1. The molecule has 0 spiro atoms. The van der Waals surface area contributed by atoms with Crippen molar-refractivity contribution in [2.24, 2.45) is 5.73 Å². The van der Waals surface area contributed by atoms with Crippen LogP contribution < -0.4 is 5.73 Å². The minimum Gasteiger partial charge on any atom is -0.329 e. The molecule has 0 aromatic heterocycles. The molecule has 0 amide bonds. The highest BCUT2D eigenvalue weighted by atomic mass is 32.2. The normalized spacial score (nSPS) is 36.5. The topological polar surface area (TPSA) is 32.5 Å². The van der Waals surface area contributed by atoms with Gasteiger partial charge < -0.3 is 10.6 Å². The first-order valence-electron chi connectivity index (χ1n) is 7.25. The molecule has 0 aliphatic carbocycles. The Labute approximate surface area is 116 Å². The van der Waals surface area contributed by atoms with Crippen LogP contribution in [0.1, 0.15) is 32.1 Å². The van der Waals surface area contributed by atoms with Crippen molar-refractivity contribution in [1.82, 2.24) is 9.80 Å². The Kier molecular flexibility index (Phi) is 4.98. The predicted molar refractivity (Wildman–Crippen MR) is 81.2 cm³/mol. The molecular weight excluding hydrogens is 242 g/mol. The van der Waals surface area contributed by atoms with Crippen LogP contribution in [0.3, 0.4) is 0 Å². The fraction of sp³-hybridized carbons (Fsp3) is 1.00. The molecule has 106 valence electrons. The second-order valence-corrected chi connectivity index (χ2v) is 7.14. The van der Waals surface area contributed by atoms with Gasteiger partial charge in [-0.1, -0.05) is 0 Å². The summed E-state index contributed by atoms with van der Waals surface area (Å²) < 4.78 is 0. The van der Waals surface area contributed by atoms with Crippen LogP contribution in [0.5, 0.6) is 0 Å². The van der Waals surface area contributed by atoms with E-state index < -0.39 is 0 Å². The first-order chi connectivity index (χ1) is 8.63. The number of likely N-dealkylation sites (N-methyl/N-ethyl adjacent to an activating group) is 1. The molecule has 2 aliphatic heterocycles. The summed E-state index contributed by atoms with van der Waals surface area (Å²) in [5, 5.41) is 0. The van der Waals surface area contributed by atoms with Crippen LogP contribution in [0.15, 0.2) is 0 Å². The summed E-state index contributed by atoms with van der Waals surface area (Å²) in [4.78, 5) is 5.17. The van der Waals surface area contributed by atoms with E-state index in [-0.39, 0.29) is 5.54 Å². The molecule has 0 radical (unpaired) electrons. The van der Waals surface area contributed by atoms with E-state index in [0.29, 0.717) is 0 Å². The predicted octanol–water partition coefficient (Wildman–Crippen LogP) is 1.63. The zero-order valence-electron chi connectivity index (χ0n) is 12.2. The lowest BCUT2D eigenvalue weighted by atomic mass is 9.81. The summed E-state index contributed by atoms with van der Waals surface area (Å²) in [5.41, 5.74) is 6.45. The molecule has 2 rings (SSSR count). The maximum absolute atomic E-state index is 6.18. The Bertz CT molecular complexity index is 258. The van der Waals surface area contributed by atoms with Gasteiger partial charge in [-0.25, -0.2) is 0 Å². The molecule has 2 fully saturated rings. The summed E-state index contributed by atoms with van der Waals surface area (Å²) in [6, 6.07) is 1.55. The van der Waals surface area contributed by atoms with Crippen LogP contribution >= 0.6 is 11.8 Å². The first-order valence-corrected chi connectivity index (χ1v) is 8.64. The third-order valence-corrected chi connectivity index (χ3v) is 5.94. The average molecular weight is 271 g/mol. The fourth-order valence-corrected chi connectivity index (χ4v) is 4.28. The van der Waals surface area contributed by atoms with Gasteiger partial charge in [0.2, 0.25) is 0 Å². The van der Waals surface area contributed by atoms with Crippen LogP contribution in [-0.4, -0.2) is 66.6 Å². The molecule has 2 unspecified atom stereocenters. The third kappa shape index (κ3) is 2.72. The highest BCUT2D eigenvalue weighted by molar-refractivity contribution is 7.98. The number of thioether (sulfide) groups is 1. The Morgan fingerprint density at radius 2 is 1.94 bits per heavy atom. The standard InChI is InChI=1S/C14H29N3S/c1-16(7-4-8-18-3)14(11-15)9-12-5-6-13(10-14)17(12)2/h12-13H,4-11,15H2,1-3H3. The number of hydrogen-bond donors (Lipinski definition) is 1. The van der Waals surface area contributed by atoms with Gasteiger partial charge in [0, 0.05) is 24.2 Å². The van der Waals surface area contributed by atoms with Crippen LogP contribution in [0.2, 0.25) is 0 Å². The molecule has 3 nitrogen and oxygen atoms in total. The van der Waals surface area contributed by atoms with Crippen molar-refractivity contribution in [3.8, 4) is 0 Å². The summed E-state index contributed by atoms with van der Waals surface area (Å²) in [6.07, 6.45) is 8.76. The average Bonchev–Trinajstić information content (AvgIpc) is 2.62. The van der Waals surface area contributed by atoms with E-state index in [1.54, 1.807) is 0 Å². The van der Waals surface area contributed by atoms with Crippen molar-refractivity contribution >= 4 is 11.8 Å². The maximum Gasteiger partial charge on any atom is 0.0358 e. The molecule has 2 aliphatic rings. The highest BCUT2D eigenvalue weighted by Crippen LogP contribution is 2.41.